The van der Waals surface area contributed by atoms with Crippen molar-refractivity contribution in [2.24, 2.45) is 22.6 Å². The molecule has 0 spiro atoms. The van der Waals surface area contributed by atoms with E-state index in [2.05, 4.69) is 50.2 Å². The SMILES string of the molecule is CC1(C)C(C(Cc2ccncc2)NN)C1(C)C. The minimum absolute atomic E-state index is 0.336. The molecule has 1 aromatic heterocycles. The Balaban J connectivity index is 2.10. The maximum Gasteiger partial charge on any atom is 0.0289 e. The topological polar surface area (TPSA) is 50.9 Å². The third-order valence-electron chi connectivity index (χ3n) is 4.95. The highest BCUT2D eigenvalue weighted by molar-refractivity contribution is 5.20. The maximum atomic E-state index is 5.74. The Morgan fingerprint density at radius 1 is 1.24 bits per heavy atom. The van der Waals surface area contributed by atoms with E-state index in [4.69, 9.17) is 5.84 Å². The zero-order chi connectivity index (χ0) is 12.7. The van der Waals surface area contributed by atoms with Crippen molar-refractivity contribution in [1.29, 1.82) is 0 Å². The smallest absolute Gasteiger partial charge is 0.0289 e. The van der Waals surface area contributed by atoms with Crippen LogP contribution in [0.25, 0.3) is 0 Å². The van der Waals surface area contributed by atoms with Crippen LogP contribution in [0.1, 0.15) is 33.3 Å². The minimum atomic E-state index is 0.336. The molecule has 1 fully saturated rings. The van der Waals surface area contributed by atoms with Crippen molar-refractivity contribution in [1.82, 2.24) is 10.4 Å². The number of hydrazine groups is 1. The van der Waals surface area contributed by atoms with E-state index in [1.165, 1.54) is 5.56 Å². The molecule has 0 saturated heterocycles. The molecule has 1 aromatic rings. The van der Waals surface area contributed by atoms with Crippen LogP contribution >= 0.6 is 0 Å². The number of hydrogen-bond acceptors (Lipinski definition) is 3. The first kappa shape index (κ1) is 12.5. The van der Waals surface area contributed by atoms with Gasteiger partial charge in [0, 0.05) is 18.4 Å². The molecule has 3 N–H and O–H groups in total. The Bertz CT molecular complexity index is 370. The number of nitrogens with one attached hydrogen (secondary N) is 1. The fourth-order valence-electron chi connectivity index (χ4n) is 3.30. The zero-order valence-electron chi connectivity index (χ0n) is 11.2. The van der Waals surface area contributed by atoms with Crippen LogP contribution in [0.3, 0.4) is 0 Å². The quantitative estimate of drug-likeness (QED) is 0.619. The van der Waals surface area contributed by atoms with E-state index in [-0.39, 0.29) is 0 Å². The molecule has 0 bridgehead atoms. The second-order valence-electron chi connectivity index (χ2n) is 6.25. The second-order valence-corrected chi connectivity index (χ2v) is 6.25. The van der Waals surface area contributed by atoms with Gasteiger partial charge in [-0.15, -0.1) is 0 Å². The van der Waals surface area contributed by atoms with Crippen LogP contribution in [0.5, 0.6) is 0 Å². The van der Waals surface area contributed by atoms with Crippen molar-refractivity contribution in [3.63, 3.8) is 0 Å². The predicted molar refractivity (Wildman–Crippen MR) is 70.1 cm³/mol. The third kappa shape index (κ3) is 1.98. The van der Waals surface area contributed by atoms with Crippen LogP contribution in [-0.2, 0) is 6.42 Å². The van der Waals surface area contributed by atoms with Crippen LogP contribution in [0.2, 0.25) is 0 Å². The number of pyridine rings is 1. The first-order valence-electron chi connectivity index (χ1n) is 6.26. The number of aromatic nitrogens is 1. The molecule has 1 heterocycles. The van der Waals surface area contributed by atoms with Crippen molar-refractivity contribution in [2.45, 2.75) is 40.2 Å². The molecule has 3 heteroatoms. The molecule has 94 valence electrons. The molecular weight excluding hydrogens is 210 g/mol. The summed E-state index contributed by atoms with van der Waals surface area (Å²) >= 11 is 0. The summed E-state index contributed by atoms with van der Waals surface area (Å²) in [5.41, 5.74) is 5.01. The van der Waals surface area contributed by atoms with Gasteiger partial charge in [0.15, 0.2) is 0 Å². The summed E-state index contributed by atoms with van der Waals surface area (Å²) in [5, 5.41) is 0. The average Bonchev–Trinajstić information content (AvgIpc) is 2.68. The summed E-state index contributed by atoms with van der Waals surface area (Å²) in [6.07, 6.45) is 4.65. The van der Waals surface area contributed by atoms with Crippen LogP contribution < -0.4 is 11.3 Å². The lowest BCUT2D eigenvalue weighted by molar-refractivity contribution is 0.402. The van der Waals surface area contributed by atoms with Crippen LogP contribution in [0.15, 0.2) is 24.5 Å². The molecule has 1 aliphatic rings. The van der Waals surface area contributed by atoms with Gasteiger partial charge in [0.25, 0.3) is 0 Å². The Morgan fingerprint density at radius 3 is 2.18 bits per heavy atom. The monoisotopic (exact) mass is 233 g/mol. The number of rotatable bonds is 4. The fourth-order valence-corrected chi connectivity index (χ4v) is 3.30. The minimum Gasteiger partial charge on any atom is -0.271 e. The summed E-state index contributed by atoms with van der Waals surface area (Å²) in [6, 6.07) is 4.46. The Kier molecular flexibility index (Phi) is 3.00. The zero-order valence-corrected chi connectivity index (χ0v) is 11.2. The Morgan fingerprint density at radius 2 is 1.76 bits per heavy atom. The van der Waals surface area contributed by atoms with Gasteiger partial charge >= 0.3 is 0 Å². The maximum absolute atomic E-state index is 5.74. The van der Waals surface area contributed by atoms with Crippen molar-refractivity contribution < 1.29 is 0 Å². The van der Waals surface area contributed by atoms with E-state index in [0.29, 0.717) is 22.8 Å². The van der Waals surface area contributed by atoms with Crippen LogP contribution in [-0.4, -0.2) is 11.0 Å². The predicted octanol–water partition coefficient (Wildman–Crippen LogP) is 2.14. The van der Waals surface area contributed by atoms with E-state index in [0.717, 1.165) is 6.42 Å². The molecule has 1 unspecified atom stereocenters. The third-order valence-corrected chi connectivity index (χ3v) is 4.95. The molecule has 0 amide bonds. The van der Waals surface area contributed by atoms with E-state index in [9.17, 15) is 0 Å². The molecule has 0 aromatic carbocycles. The van der Waals surface area contributed by atoms with Crippen molar-refractivity contribution >= 4 is 0 Å². The normalized spacial score (nSPS) is 23.4. The largest absolute Gasteiger partial charge is 0.271 e. The molecule has 2 rings (SSSR count). The van der Waals surface area contributed by atoms with Gasteiger partial charge in [-0.1, -0.05) is 27.7 Å². The van der Waals surface area contributed by atoms with Crippen LogP contribution in [0, 0.1) is 16.7 Å². The van der Waals surface area contributed by atoms with Gasteiger partial charge in [0.05, 0.1) is 0 Å². The van der Waals surface area contributed by atoms with E-state index in [1.54, 1.807) is 0 Å². The lowest BCUT2D eigenvalue weighted by atomic mass is 9.98. The summed E-state index contributed by atoms with van der Waals surface area (Å²) in [4.78, 5) is 4.04. The fraction of sp³-hybridized carbons (Fsp3) is 0.643. The van der Waals surface area contributed by atoms with Gasteiger partial charge in [-0.05, 0) is 40.9 Å². The van der Waals surface area contributed by atoms with Gasteiger partial charge in [-0.2, -0.15) is 0 Å². The van der Waals surface area contributed by atoms with Crippen molar-refractivity contribution in [2.75, 3.05) is 0 Å². The highest BCUT2D eigenvalue weighted by Gasteiger charge is 2.66. The van der Waals surface area contributed by atoms with Gasteiger partial charge in [-0.25, -0.2) is 0 Å². The highest BCUT2D eigenvalue weighted by atomic mass is 15.2. The molecule has 1 aliphatic carbocycles. The van der Waals surface area contributed by atoms with Crippen molar-refractivity contribution in [3.8, 4) is 0 Å². The lowest BCUT2D eigenvalue weighted by Gasteiger charge is -2.18. The first-order chi connectivity index (χ1) is 7.91. The van der Waals surface area contributed by atoms with Gasteiger partial charge < -0.3 is 0 Å². The number of hydrogen-bond donors (Lipinski definition) is 2. The molecule has 3 nitrogen and oxygen atoms in total. The lowest BCUT2D eigenvalue weighted by Crippen LogP contribution is -2.40. The molecule has 17 heavy (non-hydrogen) atoms. The number of nitrogens with zero attached hydrogens (tertiary/aromatic N) is 1. The Hall–Kier alpha value is -0.930. The highest BCUT2D eigenvalue weighted by Crippen LogP contribution is 2.69. The molecule has 0 radical (unpaired) electrons. The second kappa shape index (κ2) is 4.07. The van der Waals surface area contributed by atoms with Gasteiger partial charge in [0.1, 0.15) is 0 Å². The van der Waals surface area contributed by atoms with Gasteiger partial charge in [0.2, 0.25) is 0 Å². The average molecular weight is 233 g/mol. The summed E-state index contributed by atoms with van der Waals surface area (Å²) in [7, 11) is 0. The molecule has 1 atom stereocenters. The number of nitrogens with two attached hydrogens (primary N) is 1. The van der Waals surface area contributed by atoms with Crippen molar-refractivity contribution in [3.05, 3.63) is 30.1 Å². The summed E-state index contributed by atoms with van der Waals surface area (Å²) in [6.45, 7) is 9.31. The molecule has 1 saturated carbocycles. The van der Waals surface area contributed by atoms with E-state index in [1.807, 2.05) is 12.4 Å². The summed E-state index contributed by atoms with van der Waals surface area (Å²) < 4.78 is 0. The van der Waals surface area contributed by atoms with Gasteiger partial charge in [-0.3, -0.25) is 16.3 Å². The standard InChI is InChI=1S/C14H23N3/c1-13(2)12(14(13,3)4)11(17-15)9-10-5-7-16-8-6-10/h5-8,11-12,17H,9,15H2,1-4H3. The summed E-state index contributed by atoms with van der Waals surface area (Å²) in [5.74, 6) is 6.36. The molecular formula is C14H23N3. The van der Waals surface area contributed by atoms with E-state index < -0.39 is 0 Å². The Labute approximate surface area is 104 Å². The molecule has 0 aliphatic heterocycles. The van der Waals surface area contributed by atoms with Crippen LogP contribution in [0.4, 0.5) is 0 Å². The van der Waals surface area contributed by atoms with E-state index >= 15 is 0 Å². The first-order valence-corrected chi connectivity index (χ1v) is 6.26.